The Bertz CT molecular complexity index is 683. The zero-order valence-electron chi connectivity index (χ0n) is 13.8. The van der Waals surface area contributed by atoms with Gasteiger partial charge in [-0.05, 0) is 42.5 Å². The average Bonchev–Trinajstić information content (AvgIpc) is 2.57. The van der Waals surface area contributed by atoms with Crippen LogP contribution in [0.2, 0.25) is 0 Å². The van der Waals surface area contributed by atoms with Crippen LogP contribution in [0.15, 0.2) is 36.4 Å². The van der Waals surface area contributed by atoms with Crippen molar-refractivity contribution in [3.8, 4) is 11.5 Å². The molecular formula is C18H21NO3S. The molecule has 2 rings (SSSR count). The summed E-state index contributed by atoms with van der Waals surface area (Å²) in [6.07, 6.45) is 2.06. The molecule has 0 aliphatic heterocycles. The second kappa shape index (κ2) is 7.92. The molecule has 4 nitrogen and oxygen atoms in total. The van der Waals surface area contributed by atoms with Gasteiger partial charge in [0.05, 0.1) is 14.2 Å². The highest BCUT2D eigenvalue weighted by molar-refractivity contribution is 7.97. The molecule has 0 spiro atoms. The number of carbonyl (C=O) groups excluding carboxylic acids is 1. The number of benzene rings is 2. The van der Waals surface area contributed by atoms with Crippen LogP contribution in [0.3, 0.4) is 0 Å². The highest BCUT2D eigenvalue weighted by atomic mass is 32.2. The molecule has 0 bridgehead atoms. The van der Waals surface area contributed by atoms with Crippen LogP contribution in [0.25, 0.3) is 0 Å². The summed E-state index contributed by atoms with van der Waals surface area (Å²) in [6.45, 7) is 1.92. The topological polar surface area (TPSA) is 47.6 Å². The zero-order valence-corrected chi connectivity index (χ0v) is 14.6. The van der Waals surface area contributed by atoms with E-state index in [9.17, 15) is 4.79 Å². The third-order valence-electron chi connectivity index (χ3n) is 3.51. The number of thioether (sulfide) groups is 1. The van der Waals surface area contributed by atoms with Crippen LogP contribution in [0, 0.1) is 6.92 Å². The molecule has 2 aromatic carbocycles. The minimum absolute atomic E-state index is 0.143. The van der Waals surface area contributed by atoms with Crippen LogP contribution in [-0.2, 0) is 5.75 Å². The second-order valence-corrected chi connectivity index (χ2v) is 5.97. The molecule has 0 atom stereocenters. The lowest BCUT2D eigenvalue weighted by Crippen LogP contribution is -2.13. The van der Waals surface area contributed by atoms with Crippen molar-refractivity contribution in [2.24, 2.45) is 0 Å². The summed E-state index contributed by atoms with van der Waals surface area (Å²) in [5.74, 6) is 2.03. The number of hydrogen-bond donors (Lipinski definition) is 1. The van der Waals surface area contributed by atoms with Crippen molar-refractivity contribution in [2.75, 3.05) is 25.8 Å². The predicted molar refractivity (Wildman–Crippen MR) is 95.9 cm³/mol. The van der Waals surface area contributed by atoms with Crippen LogP contribution in [-0.4, -0.2) is 26.4 Å². The minimum Gasteiger partial charge on any atom is -0.493 e. The van der Waals surface area contributed by atoms with E-state index in [1.54, 1.807) is 32.0 Å². The van der Waals surface area contributed by atoms with Crippen molar-refractivity contribution in [3.63, 3.8) is 0 Å². The van der Waals surface area contributed by atoms with Crippen molar-refractivity contribution in [1.29, 1.82) is 0 Å². The smallest absolute Gasteiger partial charge is 0.255 e. The summed E-state index contributed by atoms with van der Waals surface area (Å²) in [6, 6.07) is 11.3. The van der Waals surface area contributed by atoms with E-state index in [0.717, 1.165) is 11.3 Å². The maximum absolute atomic E-state index is 12.4. The van der Waals surface area contributed by atoms with E-state index in [4.69, 9.17) is 9.47 Å². The summed E-state index contributed by atoms with van der Waals surface area (Å²) in [5, 5.41) is 2.92. The van der Waals surface area contributed by atoms with Gasteiger partial charge in [-0.1, -0.05) is 12.1 Å². The number of rotatable bonds is 6. The fraction of sp³-hybridized carbons (Fsp3) is 0.278. The first-order valence-corrected chi connectivity index (χ1v) is 8.60. The maximum Gasteiger partial charge on any atom is 0.255 e. The number of amides is 1. The number of hydrogen-bond acceptors (Lipinski definition) is 4. The number of nitrogens with one attached hydrogen (secondary N) is 1. The first kappa shape index (κ1) is 17.2. The molecule has 0 aliphatic carbocycles. The molecule has 0 aliphatic rings. The number of ether oxygens (including phenoxy) is 2. The average molecular weight is 331 g/mol. The van der Waals surface area contributed by atoms with Gasteiger partial charge in [0.15, 0.2) is 11.5 Å². The molecule has 0 saturated carbocycles. The Morgan fingerprint density at radius 3 is 2.26 bits per heavy atom. The van der Waals surface area contributed by atoms with Crippen LogP contribution in [0.4, 0.5) is 5.69 Å². The zero-order chi connectivity index (χ0) is 16.8. The predicted octanol–water partition coefficient (Wildman–Crippen LogP) is 4.13. The molecule has 0 heterocycles. The van der Waals surface area contributed by atoms with Gasteiger partial charge < -0.3 is 14.8 Å². The Kier molecular flexibility index (Phi) is 5.93. The Labute approximate surface area is 141 Å². The summed E-state index contributed by atoms with van der Waals surface area (Å²) in [4.78, 5) is 12.4. The summed E-state index contributed by atoms with van der Waals surface area (Å²) in [5.41, 5.74) is 3.45. The minimum atomic E-state index is -0.143. The summed E-state index contributed by atoms with van der Waals surface area (Å²) >= 11 is 1.75. The van der Waals surface area contributed by atoms with E-state index >= 15 is 0 Å². The molecular weight excluding hydrogens is 310 g/mol. The molecule has 23 heavy (non-hydrogen) atoms. The highest BCUT2D eigenvalue weighted by Gasteiger charge is 2.12. The molecule has 122 valence electrons. The molecule has 0 radical (unpaired) electrons. The van der Waals surface area contributed by atoms with Gasteiger partial charge in [0.2, 0.25) is 0 Å². The van der Waals surface area contributed by atoms with Gasteiger partial charge in [-0.25, -0.2) is 0 Å². The molecule has 1 amide bonds. The number of aryl methyl sites for hydroxylation is 1. The third kappa shape index (κ3) is 4.20. The Balaban J connectivity index is 2.19. The van der Waals surface area contributed by atoms with Gasteiger partial charge in [0.1, 0.15) is 0 Å². The van der Waals surface area contributed by atoms with Gasteiger partial charge >= 0.3 is 0 Å². The molecule has 0 unspecified atom stereocenters. The molecule has 0 fully saturated rings. The summed E-state index contributed by atoms with van der Waals surface area (Å²) < 4.78 is 10.5. The monoisotopic (exact) mass is 331 g/mol. The van der Waals surface area contributed by atoms with Crippen LogP contribution >= 0.6 is 11.8 Å². The van der Waals surface area contributed by atoms with E-state index in [2.05, 4.69) is 11.6 Å². The van der Waals surface area contributed by atoms with Crippen LogP contribution in [0.1, 0.15) is 21.5 Å². The third-order valence-corrected chi connectivity index (χ3v) is 4.13. The van der Waals surface area contributed by atoms with Gasteiger partial charge in [-0.2, -0.15) is 11.8 Å². The van der Waals surface area contributed by atoms with E-state index in [0.29, 0.717) is 22.7 Å². The van der Waals surface area contributed by atoms with Crippen molar-refractivity contribution in [2.45, 2.75) is 12.7 Å². The molecule has 0 aromatic heterocycles. The van der Waals surface area contributed by atoms with Gasteiger partial charge in [0, 0.05) is 23.1 Å². The van der Waals surface area contributed by atoms with Crippen molar-refractivity contribution in [1.82, 2.24) is 0 Å². The van der Waals surface area contributed by atoms with E-state index in [1.165, 1.54) is 5.56 Å². The SMILES string of the molecule is COc1cc(C)c(NC(=O)c2ccc(CSC)cc2)cc1OC. The molecule has 2 aromatic rings. The van der Waals surface area contributed by atoms with Crippen LogP contribution < -0.4 is 14.8 Å². The largest absolute Gasteiger partial charge is 0.493 e. The Morgan fingerprint density at radius 1 is 1.09 bits per heavy atom. The van der Waals surface area contributed by atoms with Crippen molar-refractivity contribution >= 4 is 23.4 Å². The second-order valence-electron chi connectivity index (χ2n) is 5.11. The fourth-order valence-electron chi connectivity index (χ4n) is 2.23. The van der Waals surface area contributed by atoms with E-state index in [1.807, 2.05) is 37.3 Å². The lowest BCUT2D eigenvalue weighted by atomic mass is 10.1. The number of carbonyl (C=O) groups is 1. The standard InChI is InChI=1S/C18H21NO3S/c1-12-9-16(21-2)17(22-3)10-15(12)19-18(20)14-7-5-13(6-8-14)11-23-4/h5-10H,11H2,1-4H3,(H,19,20). The van der Waals surface area contributed by atoms with Gasteiger partial charge in [-0.3, -0.25) is 4.79 Å². The van der Waals surface area contributed by atoms with Crippen molar-refractivity contribution in [3.05, 3.63) is 53.1 Å². The molecule has 0 saturated heterocycles. The Morgan fingerprint density at radius 2 is 1.70 bits per heavy atom. The molecule has 1 N–H and O–H groups in total. The number of methoxy groups -OCH3 is 2. The van der Waals surface area contributed by atoms with Gasteiger partial charge in [0.25, 0.3) is 5.91 Å². The maximum atomic E-state index is 12.4. The van der Waals surface area contributed by atoms with Crippen LogP contribution in [0.5, 0.6) is 11.5 Å². The Hall–Kier alpha value is -2.14. The highest BCUT2D eigenvalue weighted by Crippen LogP contribution is 2.33. The van der Waals surface area contributed by atoms with Gasteiger partial charge in [-0.15, -0.1) is 0 Å². The van der Waals surface area contributed by atoms with E-state index in [-0.39, 0.29) is 5.91 Å². The lowest BCUT2D eigenvalue weighted by Gasteiger charge is -2.13. The first-order valence-electron chi connectivity index (χ1n) is 7.21. The quantitative estimate of drug-likeness (QED) is 0.865. The number of anilines is 1. The summed E-state index contributed by atoms with van der Waals surface area (Å²) in [7, 11) is 3.16. The first-order chi connectivity index (χ1) is 11.1. The van der Waals surface area contributed by atoms with E-state index < -0.39 is 0 Å². The molecule has 5 heteroatoms. The lowest BCUT2D eigenvalue weighted by molar-refractivity contribution is 0.102. The normalized spacial score (nSPS) is 10.3. The fourth-order valence-corrected chi connectivity index (χ4v) is 2.75. The van der Waals surface area contributed by atoms with Crippen molar-refractivity contribution < 1.29 is 14.3 Å².